The molecule has 0 spiro atoms. The van der Waals surface area contributed by atoms with Gasteiger partial charge in [0.25, 0.3) is 5.91 Å². The number of hydrogen-bond donors (Lipinski definition) is 3. The monoisotopic (exact) mass is 538 g/mol. The number of thiophene rings is 1. The molecule has 3 N–H and O–H groups in total. The summed E-state index contributed by atoms with van der Waals surface area (Å²) in [5.74, 6) is -0.344. The molecule has 0 aliphatic rings. The molecule has 38 heavy (non-hydrogen) atoms. The van der Waals surface area contributed by atoms with E-state index in [9.17, 15) is 14.4 Å². The van der Waals surface area contributed by atoms with Crippen molar-refractivity contribution in [3.63, 3.8) is 0 Å². The van der Waals surface area contributed by atoms with Gasteiger partial charge >= 0.3 is 12.2 Å². The van der Waals surface area contributed by atoms with Gasteiger partial charge in [-0.25, -0.2) is 9.59 Å². The Bertz CT molecular complexity index is 1240. The molecular formula is C28H34N4O5S. The first-order chi connectivity index (χ1) is 18.0. The van der Waals surface area contributed by atoms with Crippen LogP contribution in [0.15, 0.2) is 60.0 Å². The zero-order chi connectivity index (χ0) is 27.7. The van der Waals surface area contributed by atoms with Crippen molar-refractivity contribution >= 4 is 40.8 Å². The van der Waals surface area contributed by atoms with Crippen molar-refractivity contribution < 1.29 is 23.9 Å². The normalized spacial score (nSPS) is 11.1. The van der Waals surface area contributed by atoms with Gasteiger partial charge in [-0.1, -0.05) is 24.3 Å². The first kappa shape index (κ1) is 28.7. The summed E-state index contributed by atoms with van der Waals surface area (Å²) in [7, 11) is 3.80. The quantitative estimate of drug-likeness (QED) is 0.318. The van der Waals surface area contributed by atoms with E-state index in [0.29, 0.717) is 30.1 Å². The third kappa shape index (κ3) is 9.20. The maximum Gasteiger partial charge on any atom is 0.412 e. The molecule has 0 unspecified atom stereocenters. The fraction of sp³-hybridized carbons (Fsp3) is 0.321. The van der Waals surface area contributed by atoms with Crippen molar-refractivity contribution in [1.82, 2.24) is 10.2 Å². The number of anilines is 2. The van der Waals surface area contributed by atoms with Crippen LogP contribution in [0.3, 0.4) is 0 Å². The highest BCUT2D eigenvalue weighted by atomic mass is 32.1. The van der Waals surface area contributed by atoms with Crippen LogP contribution in [0.2, 0.25) is 0 Å². The van der Waals surface area contributed by atoms with Crippen molar-refractivity contribution in [3.05, 3.63) is 71.1 Å². The topological polar surface area (TPSA) is 109 Å². The molecule has 0 aliphatic heterocycles. The van der Waals surface area contributed by atoms with E-state index in [1.807, 2.05) is 48.6 Å². The lowest BCUT2D eigenvalue weighted by molar-refractivity contribution is 0.0635. The van der Waals surface area contributed by atoms with Gasteiger partial charge in [-0.2, -0.15) is 0 Å². The first-order valence-electron chi connectivity index (χ1n) is 12.1. The number of benzene rings is 2. The second kappa shape index (κ2) is 13.1. The summed E-state index contributed by atoms with van der Waals surface area (Å²) in [6.07, 6.45) is -1.11. The molecule has 3 aromatic rings. The van der Waals surface area contributed by atoms with Gasteiger partial charge in [0.15, 0.2) is 0 Å². The molecule has 0 aliphatic carbocycles. The van der Waals surface area contributed by atoms with Gasteiger partial charge in [-0.15, -0.1) is 11.3 Å². The Morgan fingerprint density at radius 3 is 2.29 bits per heavy atom. The zero-order valence-electron chi connectivity index (χ0n) is 22.3. The molecule has 202 valence electrons. The average Bonchev–Trinajstić information content (AvgIpc) is 3.38. The number of carbonyl (C=O) groups is 3. The Morgan fingerprint density at radius 1 is 0.921 bits per heavy atom. The van der Waals surface area contributed by atoms with Crippen LogP contribution in [-0.2, 0) is 16.0 Å². The highest BCUT2D eigenvalue weighted by Crippen LogP contribution is 2.32. The van der Waals surface area contributed by atoms with Gasteiger partial charge in [0, 0.05) is 23.5 Å². The molecule has 3 amide bonds. The van der Waals surface area contributed by atoms with Crippen LogP contribution in [0.4, 0.5) is 21.0 Å². The van der Waals surface area contributed by atoms with E-state index >= 15 is 0 Å². The zero-order valence-corrected chi connectivity index (χ0v) is 23.1. The van der Waals surface area contributed by atoms with Crippen molar-refractivity contribution in [2.24, 2.45) is 0 Å². The molecule has 1 heterocycles. The molecule has 0 atom stereocenters. The maximum atomic E-state index is 13.1. The molecule has 0 fully saturated rings. The molecule has 0 saturated carbocycles. The lowest BCUT2D eigenvalue weighted by atomic mass is 10.1. The number of carbonyl (C=O) groups excluding carboxylic acids is 3. The molecule has 0 radical (unpaired) electrons. The Kier molecular flexibility index (Phi) is 9.86. The first-order valence-corrected chi connectivity index (χ1v) is 13.0. The summed E-state index contributed by atoms with van der Waals surface area (Å²) < 4.78 is 10.5. The molecule has 0 bridgehead atoms. The largest absolute Gasteiger partial charge is 0.448 e. The Labute approximate surface area is 227 Å². The van der Waals surface area contributed by atoms with E-state index in [4.69, 9.17) is 9.47 Å². The van der Waals surface area contributed by atoms with Crippen molar-refractivity contribution in [2.45, 2.75) is 32.9 Å². The Balaban J connectivity index is 1.68. The lowest BCUT2D eigenvalue weighted by Gasteiger charge is -2.21. The number of nitrogens with zero attached hydrogens (tertiary/aromatic N) is 1. The lowest BCUT2D eigenvalue weighted by Crippen LogP contribution is -2.27. The summed E-state index contributed by atoms with van der Waals surface area (Å²) in [5, 5.41) is 10.3. The predicted octanol–water partition coefficient (Wildman–Crippen LogP) is 5.80. The molecular weight excluding hydrogens is 504 g/mol. The van der Waals surface area contributed by atoms with Gasteiger partial charge in [-0.3, -0.25) is 10.1 Å². The minimum Gasteiger partial charge on any atom is -0.448 e. The van der Waals surface area contributed by atoms with E-state index in [-0.39, 0.29) is 12.5 Å². The summed E-state index contributed by atoms with van der Waals surface area (Å²) >= 11 is 1.58. The standard InChI is InChI=1S/C28H34N4O5S/c1-28(2,3)37-27(35)31-22-13-12-21(24-7-6-16-38-24)17-23(22)30-25(33)20-10-8-19(9-11-20)18-29-26(34)36-15-14-32(4)5/h6-13,16-17H,14-15,18H2,1-5H3,(H,29,34)(H,30,33)(H,31,35). The van der Waals surface area contributed by atoms with Crippen LogP contribution in [0, 0.1) is 0 Å². The summed E-state index contributed by atoms with van der Waals surface area (Å²) in [6, 6.07) is 16.2. The molecule has 9 nitrogen and oxygen atoms in total. The van der Waals surface area contributed by atoms with E-state index in [1.54, 1.807) is 62.4 Å². The number of hydrogen-bond acceptors (Lipinski definition) is 7. The smallest absolute Gasteiger partial charge is 0.412 e. The molecule has 1 aromatic heterocycles. The number of ether oxygens (including phenoxy) is 2. The van der Waals surface area contributed by atoms with E-state index in [2.05, 4.69) is 16.0 Å². The number of nitrogens with one attached hydrogen (secondary N) is 3. The van der Waals surface area contributed by atoms with Crippen LogP contribution in [0.25, 0.3) is 10.4 Å². The molecule has 2 aromatic carbocycles. The van der Waals surface area contributed by atoms with Crippen LogP contribution in [-0.4, -0.2) is 55.8 Å². The van der Waals surface area contributed by atoms with Gasteiger partial charge in [0.2, 0.25) is 0 Å². The molecule has 3 rings (SSSR count). The van der Waals surface area contributed by atoms with Crippen LogP contribution in [0.5, 0.6) is 0 Å². The number of rotatable bonds is 9. The minimum atomic E-state index is -0.663. The minimum absolute atomic E-state index is 0.273. The fourth-order valence-electron chi connectivity index (χ4n) is 3.28. The Morgan fingerprint density at radius 2 is 1.66 bits per heavy atom. The van der Waals surface area contributed by atoms with Crippen LogP contribution in [0.1, 0.15) is 36.7 Å². The van der Waals surface area contributed by atoms with Crippen molar-refractivity contribution in [1.29, 1.82) is 0 Å². The molecule has 10 heteroatoms. The van der Waals surface area contributed by atoms with E-state index in [1.165, 1.54) is 0 Å². The number of amides is 3. The van der Waals surface area contributed by atoms with Crippen molar-refractivity contribution in [3.8, 4) is 10.4 Å². The van der Waals surface area contributed by atoms with Gasteiger partial charge in [0.1, 0.15) is 12.2 Å². The number of alkyl carbamates (subject to hydrolysis) is 1. The highest BCUT2D eigenvalue weighted by molar-refractivity contribution is 7.13. The van der Waals surface area contributed by atoms with Crippen LogP contribution >= 0.6 is 11.3 Å². The van der Waals surface area contributed by atoms with Crippen molar-refractivity contribution in [2.75, 3.05) is 37.9 Å². The Hall–Kier alpha value is -3.89. The SMILES string of the molecule is CN(C)CCOC(=O)NCc1ccc(C(=O)Nc2cc(-c3cccs3)ccc2NC(=O)OC(C)(C)C)cc1. The van der Waals surface area contributed by atoms with Gasteiger partial charge in [-0.05, 0) is 81.7 Å². The maximum absolute atomic E-state index is 13.1. The summed E-state index contributed by atoms with van der Waals surface area (Å²) in [4.78, 5) is 40.3. The van der Waals surface area contributed by atoms with E-state index < -0.39 is 17.8 Å². The van der Waals surface area contributed by atoms with Gasteiger partial charge in [0.05, 0.1) is 11.4 Å². The third-order valence-electron chi connectivity index (χ3n) is 5.13. The number of likely N-dealkylation sites (N-methyl/N-ethyl adjacent to an activating group) is 1. The average molecular weight is 539 g/mol. The molecule has 0 saturated heterocycles. The second-order valence-electron chi connectivity index (χ2n) is 9.81. The predicted molar refractivity (Wildman–Crippen MR) is 151 cm³/mol. The summed E-state index contributed by atoms with van der Waals surface area (Å²) in [5.41, 5.74) is 2.35. The summed E-state index contributed by atoms with van der Waals surface area (Å²) in [6.45, 7) is 6.56. The van der Waals surface area contributed by atoms with Crippen LogP contribution < -0.4 is 16.0 Å². The van der Waals surface area contributed by atoms with E-state index in [0.717, 1.165) is 16.0 Å². The van der Waals surface area contributed by atoms with Gasteiger partial charge < -0.3 is 25.0 Å². The second-order valence-corrected chi connectivity index (χ2v) is 10.8. The highest BCUT2D eigenvalue weighted by Gasteiger charge is 2.19. The fourth-order valence-corrected chi connectivity index (χ4v) is 4.00. The third-order valence-corrected chi connectivity index (χ3v) is 6.05.